The minimum absolute atomic E-state index is 0.0176. The van der Waals surface area contributed by atoms with Crippen molar-refractivity contribution in [1.29, 1.82) is 0 Å². The molecule has 0 aliphatic rings. The van der Waals surface area contributed by atoms with Crippen LogP contribution in [0, 0.1) is 13.8 Å². The van der Waals surface area contributed by atoms with Crippen LogP contribution in [0.1, 0.15) is 34.3 Å². The number of benzene rings is 1. The maximum atomic E-state index is 11.9. The third kappa shape index (κ3) is 3.67. The standard InChI is InChI=1S/C14H19NO3/c1-10-5-6-12(9-11(10)2)13(16)7-8-14(17)15(3)18-4/h5-6,9H,7-8H2,1-4H3. The Morgan fingerprint density at radius 3 is 2.39 bits per heavy atom. The lowest BCUT2D eigenvalue weighted by molar-refractivity contribution is -0.168. The van der Waals surface area contributed by atoms with Gasteiger partial charge in [0.15, 0.2) is 5.78 Å². The lowest BCUT2D eigenvalue weighted by atomic mass is 10.0. The largest absolute Gasteiger partial charge is 0.294 e. The molecule has 0 N–H and O–H groups in total. The number of Topliss-reactive ketones (excluding diaryl/α,β-unsaturated/α-hetero) is 1. The molecule has 0 bridgehead atoms. The van der Waals surface area contributed by atoms with E-state index in [9.17, 15) is 9.59 Å². The van der Waals surface area contributed by atoms with Gasteiger partial charge in [-0.1, -0.05) is 12.1 Å². The summed E-state index contributed by atoms with van der Waals surface area (Å²) in [5, 5.41) is 1.13. The molecule has 0 heterocycles. The van der Waals surface area contributed by atoms with Crippen LogP contribution in [0.5, 0.6) is 0 Å². The molecule has 4 heteroatoms. The zero-order chi connectivity index (χ0) is 13.7. The average molecular weight is 249 g/mol. The van der Waals surface area contributed by atoms with Crippen LogP contribution in [0.3, 0.4) is 0 Å². The van der Waals surface area contributed by atoms with Crippen molar-refractivity contribution in [2.75, 3.05) is 14.2 Å². The Labute approximate surface area is 108 Å². The summed E-state index contributed by atoms with van der Waals surface area (Å²) < 4.78 is 0. The van der Waals surface area contributed by atoms with Crippen LogP contribution in [0.15, 0.2) is 18.2 Å². The van der Waals surface area contributed by atoms with Gasteiger partial charge in [-0.15, -0.1) is 0 Å². The third-order valence-corrected chi connectivity index (χ3v) is 3.02. The smallest absolute Gasteiger partial charge is 0.246 e. The third-order valence-electron chi connectivity index (χ3n) is 3.02. The van der Waals surface area contributed by atoms with E-state index in [0.29, 0.717) is 5.56 Å². The number of carbonyl (C=O) groups excluding carboxylic acids is 2. The van der Waals surface area contributed by atoms with Crippen molar-refractivity contribution in [2.45, 2.75) is 26.7 Å². The number of hydrogen-bond acceptors (Lipinski definition) is 3. The van der Waals surface area contributed by atoms with E-state index in [0.717, 1.165) is 16.2 Å². The second kappa shape index (κ2) is 6.31. The van der Waals surface area contributed by atoms with Gasteiger partial charge in [0.2, 0.25) is 5.91 Å². The first-order valence-electron chi connectivity index (χ1n) is 5.87. The molecule has 0 saturated heterocycles. The Bertz CT molecular complexity index is 454. The molecule has 0 spiro atoms. The lowest BCUT2D eigenvalue weighted by Crippen LogP contribution is -2.25. The molecule has 0 aliphatic carbocycles. The monoisotopic (exact) mass is 249 g/mol. The van der Waals surface area contributed by atoms with Crippen molar-refractivity contribution in [3.05, 3.63) is 34.9 Å². The molecule has 18 heavy (non-hydrogen) atoms. The van der Waals surface area contributed by atoms with Crippen LogP contribution in [0.25, 0.3) is 0 Å². The van der Waals surface area contributed by atoms with E-state index in [4.69, 9.17) is 4.84 Å². The van der Waals surface area contributed by atoms with Crippen molar-refractivity contribution in [3.63, 3.8) is 0 Å². The van der Waals surface area contributed by atoms with Crippen molar-refractivity contribution in [3.8, 4) is 0 Å². The Morgan fingerprint density at radius 2 is 1.83 bits per heavy atom. The van der Waals surface area contributed by atoms with E-state index in [-0.39, 0.29) is 24.5 Å². The molecule has 0 saturated carbocycles. The van der Waals surface area contributed by atoms with Gasteiger partial charge in [0.25, 0.3) is 0 Å². The highest BCUT2D eigenvalue weighted by molar-refractivity contribution is 5.98. The number of hydroxylamine groups is 2. The van der Waals surface area contributed by atoms with Gasteiger partial charge < -0.3 is 0 Å². The van der Waals surface area contributed by atoms with Gasteiger partial charge in [0, 0.05) is 25.5 Å². The van der Waals surface area contributed by atoms with E-state index in [1.54, 1.807) is 6.07 Å². The van der Waals surface area contributed by atoms with Gasteiger partial charge in [-0.2, -0.15) is 0 Å². The molecule has 0 aromatic heterocycles. The zero-order valence-electron chi connectivity index (χ0n) is 11.3. The zero-order valence-corrected chi connectivity index (χ0v) is 11.3. The normalized spacial score (nSPS) is 10.2. The molecule has 0 fully saturated rings. The molecule has 98 valence electrons. The summed E-state index contributed by atoms with van der Waals surface area (Å²) in [4.78, 5) is 28.1. The molecular formula is C14H19NO3. The Hall–Kier alpha value is -1.68. The summed E-state index contributed by atoms with van der Waals surface area (Å²) in [6.07, 6.45) is 0.366. The van der Waals surface area contributed by atoms with Crippen LogP contribution in [-0.4, -0.2) is 30.9 Å². The van der Waals surface area contributed by atoms with E-state index in [1.165, 1.54) is 14.2 Å². The number of rotatable bonds is 5. The molecule has 0 unspecified atom stereocenters. The fraction of sp³-hybridized carbons (Fsp3) is 0.429. The van der Waals surface area contributed by atoms with E-state index < -0.39 is 0 Å². The summed E-state index contributed by atoms with van der Waals surface area (Å²) >= 11 is 0. The Kier molecular flexibility index (Phi) is 5.04. The molecule has 0 radical (unpaired) electrons. The summed E-state index contributed by atoms with van der Waals surface area (Å²) in [6.45, 7) is 3.97. The molecule has 4 nitrogen and oxygen atoms in total. The first kappa shape index (κ1) is 14.4. The molecule has 1 aromatic rings. The highest BCUT2D eigenvalue weighted by Gasteiger charge is 2.12. The van der Waals surface area contributed by atoms with Gasteiger partial charge in [-0.25, -0.2) is 5.06 Å². The SMILES string of the molecule is CON(C)C(=O)CCC(=O)c1ccc(C)c(C)c1. The predicted octanol–water partition coefficient (Wildman–Crippen LogP) is 2.29. The van der Waals surface area contributed by atoms with Crippen LogP contribution in [-0.2, 0) is 9.63 Å². The first-order chi connectivity index (χ1) is 8.45. The maximum absolute atomic E-state index is 11.9. The number of ketones is 1. The highest BCUT2D eigenvalue weighted by Crippen LogP contribution is 2.12. The van der Waals surface area contributed by atoms with Crippen LogP contribution in [0.4, 0.5) is 0 Å². The highest BCUT2D eigenvalue weighted by atomic mass is 16.7. The average Bonchev–Trinajstić information content (AvgIpc) is 2.37. The van der Waals surface area contributed by atoms with E-state index >= 15 is 0 Å². The van der Waals surface area contributed by atoms with Crippen LogP contribution >= 0.6 is 0 Å². The summed E-state index contributed by atoms with van der Waals surface area (Å²) in [6, 6.07) is 5.59. The quantitative estimate of drug-likeness (QED) is 0.594. The summed E-state index contributed by atoms with van der Waals surface area (Å²) in [5.74, 6) is -0.217. The van der Waals surface area contributed by atoms with Crippen LogP contribution in [0.2, 0.25) is 0 Å². The van der Waals surface area contributed by atoms with E-state index in [2.05, 4.69) is 0 Å². The molecule has 1 aromatic carbocycles. The number of nitrogens with zero attached hydrogens (tertiary/aromatic N) is 1. The fourth-order valence-electron chi connectivity index (χ4n) is 1.54. The van der Waals surface area contributed by atoms with Gasteiger partial charge in [-0.3, -0.25) is 14.4 Å². The first-order valence-corrected chi connectivity index (χ1v) is 5.87. The topological polar surface area (TPSA) is 46.6 Å². The number of carbonyl (C=O) groups is 2. The second-order valence-corrected chi connectivity index (χ2v) is 4.30. The fourth-order valence-corrected chi connectivity index (χ4v) is 1.54. The Morgan fingerprint density at radius 1 is 1.17 bits per heavy atom. The van der Waals surface area contributed by atoms with Gasteiger partial charge >= 0.3 is 0 Å². The minimum Gasteiger partial charge on any atom is -0.294 e. The molecule has 0 aliphatic heterocycles. The molecule has 0 atom stereocenters. The number of aryl methyl sites for hydroxylation is 2. The molecule has 1 amide bonds. The lowest BCUT2D eigenvalue weighted by Gasteiger charge is -2.13. The predicted molar refractivity (Wildman–Crippen MR) is 69.3 cm³/mol. The number of amides is 1. The van der Waals surface area contributed by atoms with Crippen molar-refractivity contribution in [2.24, 2.45) is 0 Å². The maximum Gasteiger partial charge on any atom is 0.246 e. The summed E-state index contributed by atoms with van der Waals surface area (Å²) in [7, 11) is 2.95. The van der Waals surface area contributed by atoms with Gasteiger partial charge in [0.05, 0.1) is 7.11 Å². The van der Waals surface area contributed by atoms with Crippen molar-refractivity contribution < 1.29 is 14.4 Å². The van der Waals surface area contributed by atoms with Gasteiger partial charge in [-0.05, 0) is 31.0 Å². The minimum atomic E-state index is -0.199. The summed E-state index contributed by atoms with van der Waals surface area (Å²) in [5.41, 5.74) is 2.90. The second-order valence-electron chi connectivity index (χ2n) is 4.30. The molecular weight excluding hydrogens is 230 g/mol. The van der Waals surface area contributed by atoms with Crippen molar-refractivity contribution >= 4 is 11.7 Å². The molecule has 1 rings (SSSR count). The van der Waals surface area contributed by atoms with Crippen molar-refractivity contribution in [1.82, 2.24) is 5.06 Å². The Balaban J connectivity index is 2.60. The van der Waals surface area contributed by atoms with Crippen LogP contribution < -0.4 is 0 Å². The number of hydrogen-bond donors (Lipinski definition) is 0. The van der Waals surface area contributed by atoms with Gasteiger partial charge in [0.1, 0.15) is 0 Å². The van der Waals surface area contributed by atoms with E-state index in [1.807, 2.05) is 26.0 Å².